The third kappa shape index (κ3) is 4.59. The van der Waals surface area contributed by atoms with Gasteiger partial charge in [0.05, 0.1) is 26.2 Å². The number of aryl methyl sites for hydroxylation is 1. The van der Waals surface area contributed by atoms with Crippen molar-refractivity contribution >= 4 is 17.6 Å². The maximum absolute atomic E-state index is 13.0. The number of nitrogens with zero attached hydrogens (tertiary/aromatic N) is 2. The normalized spacial score (nSPS) is 15.2. The molecule has 1 unspecified atom stereocenters. The first-order valence-corrected chi connectivity index (χ1v) is 10.4. The van der Waals surface area contributed by atoms with Crippen molar-refractivity contribution in [2.45, 2.75) is 19.4 Å². The molecule has 1 aromatic heterocycles. The number of carbonyl (C=O) groups is 2. The van der Waals surface area contributed by atoms with Crippen molar-refractivity contribution in [3.63, 3.8) is 0 Å². The molecule has 4 rings (SSSR count). The van der Waals surface area contributed by atoms with Crippen LogP contribution in [0.3, 0.4) is 0 Å². The van der Waals surface area contributed by atoms with Crippen LogP contribution in [0.2, 0.25) is 0 Å². The summed E-state index contributed by atoms with van der Waals surface area (Å²) in [5.74, 6) is 0.0779. The highest BCUT2D eigenvalue weighted by Gasteiger charge is 2.35. The zero-order valence-electron chi connectivity index (χ0n) is 18.6. The summed E-state index contributed by atoms with van der Waals surface area (Å²) in [5.41, 5.74) is 2.97. The van der Waals surface area contributed by atoms with Gasteiger partial charge >= 0.3 is 5.97 Å². The minimum atomic E-state index is -0.699. The molecule has 8 nitrogen and oxygen atoms in total. The summed E-state index contributed by atoms with van der Waals surface area (Å²) in [6.07, 6.45) is 2.04. The first kappa shape index (κ1) is 22.1. The Bertz CT molecular complexity index is 1170. The number of ether oxygens (including phenoxy) is 3. The van der Waals surface area contributed by atoms with Gasteiger partial charge in [-0.3, -0.25) is 4.79 Å². The molecule has 3 aromatic rings. The van der Waals surface area contributed by atoms with Crippen LogP contribution in [0.4, 0.5) is 0 Å². The van der Waals surface area contributed by atoms with Crippen LogP contribution in [-0.2, 0) is 9.53 Å². The van der Waals surface area contributed by atoms with E-state index in [2.05, 4.69) is 5.10 Å². The predicted octanol–water partition coefficient (Wildman–Crippen LogP) is 4.14. The number of methoxy groups -OCH3 is 2. The standard InChI is InChI=1S/C25H24N2O6/c1-16-9-11-17(12-10-16)19-14-20(21-8-5-13-32-21)27(26-19)23(28)15-33-25(29)18-6-4-7-22(30-2)24(18)31-3/h4-13,20H,14-15H2,1-3H3. The summed E-state index contributed by atoms with van der Waals surface area (Å²) in [6.45, 7) is 1.52. The van der Waals surface area contributed by atoms with Crippen molar-refractivity contribution in [2.75, 3.05) is 20.8 Å². The molecular formula is C25H24N2O6. The fourth-order valence-corrected chi connectivity index (χ4v) is 3.68. The summed E-state index contributed by atoms with van der Waals surface area (Å²) in [7, 11) is 2.90. The van der Waals surface area contributed by atoms with E-state index in [0.717, 1.165) is 16.8 Å². The van der Waals surface area contributed by atoms with Crippen molar-refractivity contribution in [3.05, 3.63) is 83.3 Å². The van der Waals surface area contributed by atoms with E-state index in [1.54, 1.807) is 36.6 Å². The second-order valence-electron chi connectivity index (χ2n) is 7.50. The number of amides is 1. The molecule has 0 aliphatic carbocycles. The Morgan fingerprint density at radius 1 is 1.06 bits per heavy atom. The molecule has 2 heterocycles. The summed E-state index contributed by atoms with van der Waals surface area (Å²) in [5, 5.41) is 5.87. The highest BCUT2D eigenvalue weighted by Crippen LogP contribution is 2.34. The van der Waals surface area contributed by atoms with Gasteiger partial charge in [-0.15, -0.1) is 0 Å². The lowest BCUT2D eigenvalue weighted by atomic mass is 10.0. The Hall–Kier alpha value is -4.07. The number of hydrazone groups is 1. The lowest BCUT2D eigenvalue weighted by Crippen LogP contribution is -2.31. The molecule has 0 fully saturated rings. The van der Waals surface area contributed by atoms with Gasteiger partial charge in [-0.05, 0) is 36.8 Å². The van der Waals surface area contributed by atoms with E-state index < -0.39 is 24.5 Å². The first-order valence-electron chi connectivity index (χ1n) is 10.4. The van der Waals surface area contributed by atoms with Gasteiger partial charge in [0.2, 0.25) is 0 Å². The van der Waals surface area contributed by atoms with Crippen molar-refractivity contribution in [1.29, 1.82) is 0 Å². The maximum atomic E-state index is 13.0. The molecule has 1 atom stereocenters. The van der Waals surface area contributed by atoms with Crippen LogP contribution < -0.4 is 9.47 Å². The molecule has 0 bridgehead atoms. The summed E-state index contributed by atoms with van der Waals surface area (Å²) >= 11 is 0. The van der Waals surface area contributed by atoms with Gasteiger partial charge in [0, 0.05) is 6.42 Å². The van der Waals surface area contributed by atoms with Crippen LogP contribution in [0.25, 0.3) is 0 Å². The van der Waals surface area contributed by atoms with E-state index in [-0.39, 0.29) is 11.3 Å². The van der Waals surface area contributed by atoms with E-state index in [0.29, 0.717) is 17.9 Å². The van der Waals surface area contributed by atoms with Crippen LogP contribution in [0.15, 0.2) is 70.4 Å². The largest absolute Gasteiger partial charge is 0.493 e. The molecule has 1 aliphatic rings. The van der Waals surface area contributed by atoms with Crippen molar-refractivity contribution in [2.24, 2.45) is 5.10 Å². The molecule has 33 heavy (non-hydrogen) atoms. The number of hydrogen-bond donors (Lipinski definition) is 0. The van der Waals surface area contributed by atoms with Gasteiger partial charge in [0.15, 0.2) is 18.1 Å². The Morgan fingerprint density at radius 3 is 2.52 bits per heavy atom. The van der Waals surface area contributed by atoms with Crippen molar-refractivity contribution < 1.29 is 28.2 Å². The van der Waals surface area contributed by atoms with Crippen LogP contribution >= 0.6 is 0 Å². The minimum Gasteiger partial charge on any atom is -0.493 e. The van der Waals surface area contributed by atoms with Crippen LogP contribution in [-0.4, -0.2) is 43.4 Å². The van der Waals surface area contributed by atoms with Crippen LogP contribution in [0.5, 0.6) is 11.5 Å². The van der Waals surface area contributed by atoms with E-state index in [4.69, 9.17) is 18.6 Å². The number of carbonyl (C=O) groups excluding carboxylic acids is 2. The summed E-state index contributed by atoms with van der Waals surface area (Å²) in [4.78, 5) is 25.7. The Morgan fingerprint density at radius 2 is 1.85 bits per heavy atom. The number of benzene rings is 2. The van der Waals surface area contributed by atoms with Gasteiger partial charge in [-0.25, -0.2) is 9.80 Å². The lowest BCUT2D eigenvalue weighted by molar-refractivity contribution is -0.136. The summed E-state index contributed by atoms with van der Waals surface area (Å²) < 4.78 is 21.3. The lowest BCUT2D eigenvalue weighted by Gasteiger charge is -2.20. The van der Waals surface area contributed by atoms with Gasteiger partial charge in [0.1, 0.15) is 17.4 Å². The van der Waals surface area contributed by atoms with Gasteiger partial charge in [-0.1, -0.05) is 35.9 Å². The molecule has 0 saturated carbocycles. The second kappa shape index (κ2) is 9.60. The van der Waals surface area contributed by atoms with Gasteiger partial charge < -0.3 is 18.6 Å². The van der Waals surface area contributed by atoms with E-state index in [1.807, 2.05) is 31.2 Å². The van der Waals surface area contributed by atoms with E-state index >= 15 is 0 Å². The van der Waals surface area contributed by atoms with Crippen molar-refractivity contribution in [3.8, 4) is 11.5 Å². The third-order valence-electron chi connectivity index (χ3n) is 5.37. The second-order valence-corrected chi connectivity index (χ2v) is 7.50. The summed E-state index contributed by atoms with van der Waals surface area (Å²) in [6, 6.07) is 15.9. The monoisotopic (exact) mass is 448 g/mol. The van der Waals surface area contributed by atoms with E-state index in [9.17, 15) is 9.59 Å². The molecule has 1 amide bonds. The average molecular weight is 448 g/mol. The van der Waals surface area contributed by atoms with Crippen molar-refractivity contribution in [1.82, 2.24) is 5.01 Å². The Labute approximate surface area is 191 Å². The fourth-order valence-electron chi connectivity index (χ4n) is 3.68. The van der Waals surface area contributed by atoms with Gasteiger partial charge in [-0.2, -0.15) is 5.10 Å². The number of para-hydroxylation sites is 1. The molecule has 2 aromatic carbocycles. The molecule has 0 spiro atoms. The SMILES string of the molecule is COc1cccc(C(=O)OCC(=O)N2N=C(c3ccc(C)cc3)CC2c2ccco2)c1OC. The number of rotatable bonds is 7. The Balaban J connectivity index is 1.52. The number of esters is 1. The molecule has 170 valence electrons. The predicted molar refractivity (Wildman–Crippen MR) is 120 cm³/mol. The van der Waals surface area contributed by atoms with E-state index in [1.165, 1.54) is 19.2 Å². The van der Waals surface area contributed by atoms with Gasteiger partial charge in [0.25, 0.3) is 5.91 Å². The number of furan rings is 1. The molecule has 1 aliphatic heterocycles. The minimum absolute atomic E-state index is 0.164. The number of hydrogen-bond acceptors (Lipinski definition) is 7. The zero-order valence-corrected chi connectivity index (χ0v) is 18.6. The van der Waals surface area contributed by atoms with Crippen LogP contribution in [0, 0.1) is 6.92 Å². The quantitative estimate of drug-likeness (QED) is 0.505. The fraction of sp³-hybridized carbons (Fsp3) is 0.240. The average Bonchev–Trinajstić information content (AvgIpc) is 3.52. The topological polar surface area (TPSA) is 90.6 Å². The first-order chi connectivity index (χ1) is 16.0. The van der Waals surface area contributed by atoms with Crippen LogP contribution in [0.1, 0.15) is 39.7 Å². The molecule has 0 radical (unpaired) electrons. The highest BCUT2D eigenvalue weighted by molar-refractivity contribution is 6.03. The zero-order chi connectivity index (χ0) is 23.4. The molecule has 0 saturated heterocycles. The maximum Gasteiger partial charge on any atom is 0.342 e. The highest BCUT2D eigenvalue weighted by atomic mass is 16.5. The smallest absolute Gasteiger partial charge is 0.342 e. The molecule has 8 heteroatoms. The molecule has 0 N–H and O–H groups in total. The molecular weight excluding hydrogens is 424 g/mol. The third-order valence-corrected chi connectivity index (χ3v) is 5.37. The Kier molecular flexibility index (Phi) is 6.44.